The number of nitriles is 1. The first-order valence-corrected chi connectivity index (χ1v) is 11.4. The van der Waals surface area contributed by atoms with Crippen LogP contribution in [0.25, 0.3) is 11.2 Å². The van der Waals surface area contributed by atoms with E-state index < -0.39 is 0 Å². The summed E-state index contributed by atoms with van der Waals surface area (Å²) in [6.45, 7) is 2.15. The summed E-state index contributed by atoms with van der Waals surface area (Å²) in [6, 6.07) is 16.3. The molecule has 0 aliphatic heterocycles. The molecule has 1 aromatic carbocycles. The number of fused-ring (bicyclic) bond motifs is 1. The Morgan fingerprint density at radius 2 is 1.94 bits per heavy atom. The molecule has 1 atom stereocenters. The molecule has 0 bridgehead atoms. The average Bonchev–Trinajstić information content (AvgIpc) is 3.38. The predicted molar refractivity (Wildman–Crippen MR) is 126 cm³/mol. The fraction of sp³-hybridized carbons (Fsp3) is 0.292. The number of ether oxygens (including phenoxy) is 1. The Morgan fingerprint density at radius 3 is 2.59 bits per heavy atom. The van der Waals surface area contributed by atoms with Crippen molar-refractivity contribution < 1.29 is 4.74 Å². The molecule has 0 amide bonds. The lowest BCUT2D eigenvalue weighted by atomic mass is 10.2. The van der Waals surface area contributed by atoms with Gasteiger partial charge in [0.1, 0.15) is 11.8 Å². The van der Waals surface area contributed by atoms with Gasteiger partial charge >= 0.3 is 0 Å². The molecule has 0 aliphatic rings. The number of methoxy groups -OCH3 is 1. The fourth-order valence-corrected chi connectivity index (χ4v) is 4.83. The van der Waals surface area contributed by atoms with Gasteiger partial charge in [0.05, 0.1) is 24.2 Å². The van der Waals surface area contributed by atoms with Crippen molar-refractivity contribution in [1.29, 1.82) is 5.26 Å². The number of hydrogen-bond donors (Lipinski definition) is 0. The van der Waals surface area contributed by atoms with Gasteiger partial charge in [0.15, 0.2) is 11.0 Å². The third kappa shape index (κ3) is 4.09. The molecule has 0 spiro atoms. The van der Waals surface area contributed by atoms with Gasteiger partial charge in [0.25, 0.3) is 0 Å². The standard InChI is InChI=1S/C24H26N6OS/c1-5-21(28(2)3)23-26-27-24(30(23)18-9-11-19(31-4)12-10-18)32-16-17-15-29-13-7-6-8-22(29)20(17)14-25/h6-13,15,21H,5,16H2,1-4H3. The molecule has 0 radical (unpaired) electrons. The maximum Gasteiger partial charge on any atom is 0.196 e. The van der Waals surface area contributed by atoms with Gasteiger partial charge < -0.3 is 9.14 Å². The van der Waals surface area contributed by atoms with Crippen LogP contribution in [0.1, 0.15) is 36.3 Å². The number of benzene rings is 1. The monoisotopic (exact) mass is 446 g/mol. The highest BCUT2D eigenvalue weighted by Crippen LogP contribution is 2.32. The molecule has 7 nitrogen and oxygen atoms in total. The molecule has 8 heteroatoms. The number of thioether (sulfide) groups is 1. The van der Waals surface area contributed by atoms with Crippen LogP contribution in [0.15, 0.2) is 60.0 Å². The van der Waals surface area contributed by atoms with Crippen molar-refractivity contribution in [2.24, 2.45) is 0 Å². The zero-order valence-corrected chi connectivity index (χ0v) is 19.5. The molecule has 4 aromatic rings. The number of rotatable bonds is 8. The van der Waals surface area contributed by atoms with Crippen LogP contribution in [-0.4, -0.2) is 45.3 Å². The molecule has 32 heavy (non-hydrogen) atoms. The summed E-state index contributed by atoms with van der Waals surface area (Å²) >= 11 is 1.59. The van der Waals surface area contributed by atoms with Gasteiger partial charge in [0, 0.05) is 23.8 Å². The summed E-state index contributed by atoms with van der Waals surface area (Å²) in [5.74, 6) is 2.32. The number of aromatic nitrogens is 4. The SMILES string of the molecule is CCC(c1nnc(SCc2cn3ccccc3c2C#N)n1-c1ccc(OC)cc1)N(C)C. The van der Waals surface area contributed by atoms with Gasteiger partial charge in [-0.05, 0) is 62.5 Å². The summed E-state index contributed by atoms with van der Waals surface area (Å²) in [6.07, 6.45) is 4.89. The van der Waals surface area contributed by atoms with Crippen molar-refractivity contribution >= 4 is 17.3 Å². The molecule has 3 heterocycles. The highest BCUT2D eigenvalue weighted by molar-refractivity contribution is 7.98. The third-order valence-electron chi connectivity index (χ3n) is 5.53. The molecule has 0 saturated heterocycles. The molecule has 0 saturated carbocycles. The van der Waals surface area contributed by atoms with Gasteiger partial charge in [-0.2, -0.15) is 5.26 Å². The van der Waals surface area contributed by atoms with Gasteiger partial charge in [-0.1, -0.05) is 24.8 Å². The maximum absolute atomic E-state index is 9.73. The zero-order valence-electron chi connectivity index (χ0n) is 18.7. The predicted octanol–water partition coefficient (Wildman–Crippen LogP) is 4.71. The largest absolute Gasteiger partial charge is 0.497 e. The zero-order chi connectivity index (χ0) is 22.7. The highest BCUT2D eigenvalue weighted by Gasteiger charge is 2.23. The van der Waals surface area contributed by atoms with Crippen LogP contribution in [0.2, 0.25) is 0 Å². The Hall–Kier alpha value is -3.28. The Kier molecular flexibility index (Phi) is 6.49. The molecular weight excluding hydrogens is 420 g/mol. The van der Waals surface area contributed by atoms with E-state index in [2.05, 4.69) is 46.8 Å². The lowest BCUT2D eigenvalue weighted by molar-refractivity contribution is 0.276. The Morgan fingerprint density at radius 1 is 1.16 bits per heavy atom. The first-order chi connectivity index (χ1) is 15.6. The lowest BCUT2D eigenvalue weighted by Crippen LogP contribution is -2.22. The minimum atomic E-state index is 0.130. The van der Waals surface area contributed by atoms with E-state index >= 15 is 0 Å². The van der Waals surface area contributed by atoms with E-state index in [1.807, 2.05) is 59.3 Å². The number of nitrogens with zero attached hydrogens (tertiary/aromatic N) is 6. The quantitative estimate of drug-likeness (QED) is 0.365. The highest BCUT2D eigenvalue weighted by atomic mass is 32.2. The summed E-state index contributed by atoms with van der Waals surface area (Å²) in [4.78, 5) is 2.16. The van der Waals surface area contributed by atoms with Crippen molar-refractivity contribution in [3.63, 3.8) is 0 Å². The molecule has 0 N–H and O–H groups in total. The molecular formula is C24H26N6OS. The molecule has 3 aromatic heterocycles. The first kappa shape index (κ1) is 21.9. The van der Waals surface area contributed by atoms with E-state index in [4.69, 9.17) is 4.74 Å². The Bertz CT molecular complexity index is 1250. The minimum Gasteiger partial charge on any atom is -0.497 e. The van der Waals surface area contributed by atoms with Crippen LogP contribution in [-0.2, 0) is 5.75 Å². The van der Waals surface area contributed by atoms with E-state index in [1.54, 1.807) is 18.9 Å². The van der Waals surface area contributed by atoms with E-state index in [9.17, 15) is 5.26 Å². The lowest BCUT2D eigenvalue weighted by Gasteiger charge is -2.23. The summed E-state index contributed by atoms with van der Waals surface area (Å²) < 4.78 is 9.43. The van der Waals surface area contributed by atoms with E-state index in [1.165, 1.54) is 0 Å². The summed E-state index contributed by atoms with van der Waals surface area (Å²) in [5, 5.41) is 19.6. The van der Waals surface area contributed by atoms with Gasteiger partial charge in [-0.3, -0.25) is 9.47 Å². The molecule has 1 unspecified atom stereocenters. The van der Waals surface area contributed by atoms with Gasteiger partial charge in [-0.15, -0.1) is 10.2 Å². The van der Waals surface area contributed by atoms with Crippen molar-refractivity contribution in [1.82, 2.24) is 24.1 Å². The second kappa shape index (κ2) is 9.47. The van der Waals surface area contributed by atoms with Crippen LogP contribution in [0.5, 0.6) is 5.75 Å². The van der Waals surface area contributed by atoms with Gasteiger partial charge in [0.2, 0.25) is 0 Å². The van der Waals surface area contributed by atoms with Crippen LogP contribution in [0, 0.1) is 11.3 Å². The molecule has 4 rings (SSSR count). The second-order valence-electron chi connectivity index (χ2n) is 7.68. The molecule has 0 aliphatic carbocycles. The Balaban J connectivity index is 1.72. The van der Waals surface area contributed by atoms with E-state index in [0.717, 1.165) is 39.9 Å². The van der Waals surface area contributed by atoms with E-state index in [-0.39, 0.29) is 6.04 Å². The van der Waals surface area contributed by atoms with Gasteiger partial charge in [-0.25, -0.2) is 0 Å². The third-order valence-corrected chi connectivity index (χ3v) is 6.51. The van der Waals surface area contributed by atoms with Crippen molar-refractivity contribution in [3.8, 4) is 17.5 Å². The molecule has 0 fully saturated rings. The van der Waals surface area contributed by atoms with Crippen LogP contribution in [0.4, 0.5) is 0 Å². The van der Waals surface area contributed by atoms with Crippen molar-refractivity contribution in [3.05, 3.63) is 71.8 Å². The maximum atomic E-state index is 9.73. The topological polar surface area (TPSA) is 71.4 Å². The van der Waals surface area contributed by atoms with E-state index in [0.29, 0.717) is 11.3 Å². The number of pyridine rings is 1. The average molecular weight is 447 g/mol. The van der Waals surface area contributed by atoms with Crippen LogP contribution >= 0.6 is 11.8 Å². The minimum absolute atomic E-state index is 0.130. The van der Waals surface area contributed by atoms with Crippen molar-refractivity contribution in [2.75, 3.05) is 21.2 Å². The fourth-order valence-electron chi connectivity index (χ4n) is 3.90. The normalized spacial score (nSPS) is 12.2. The summed E-state index contributed by atoms with van der Waals surface area (Å²) in [5.41, 5.74) is 3.58. The van der Waals surface area contributed by atoms with Crippen LogP contribution < -0.4 is 4.74 Å². The first-order valence-electron chi connectivity index (χ1n) is 10.4. The smallest absolute Gasteiger partial charge is 0.196 e. The number of hydrogen-bond acceptors (Lipinski definition) is 6. The summed E-state index contributed by atoms with van der Waals surface area (Å²) in [7, 11) is 5.77. The second-order valence-corrected chi connectivity index (χ2v) is 8.63. The van der Waals surface area contributed by atoms with Crippen molar-refractivity contribution in [2.45, 2.75) is 30.3 Å². The Labute approximate surface area is 192 Å². The van der Waals surface area contributed by atoms with Crippen LogP contribution in [0.3, 0.4) is 0 Å². The molecule has 164 valence electrons.